The topological polar surface area (TPSA) is 125 Å². The molecule has 0 aromatic heterocycles. The molecule has 0 bridgehead atoms. The van der Waals surface area contributed by atoms with Crippen molar-refractivity contribution in [3.63, 3.8) is 0 Å². The van der Waals surface area contributed by atoms with Gasteiger partial charge in [0.25, 0.3) is 11.8 Å². The summed E-state index contributed by atoms with van der Waals surface area (Å²) >= 11 is 13.8. The molecule has 0 radical (unpaired) electrons. The zero-order valence-electron chi connectivity index (χ0n) is 24.3. The molecule has 11 heteroatoms. The molecule has 45 heavy (non-hydrogen) atoms. The van der Waals surface area contributed by atoms with Crippen LogP contribution in [0.3, 0.4) is 0 Å². The third kappa shape index (κ3) is 8.98. The summed E-state index contributed by atoms with van der Waals surface area (Å²) in [4.78, 5) is 51.7. The summed E-state index contributed by atoms with van der Waals surface area (Å²) in [6.45, 7) is 3.66. The summed E-state index contributed by atoms with van der Waals surface area (Å²) < 4.78 is 0. The van der Waals surface area contributed by atoms with Crippen LogP contribution in [0.5, 0.6) is 0 Å². The highest BCUT2D eigenvalue weighted by Crippen LogP contribution is 2.30. The molecule has 1 atom stereocenters. The number of thioether (sulfide) groups is 1. The molecule has 4 rings (SSSR count). The number of anilines is 2. The van der Waals surface area contributed by atoms with Crippen molar-refractivity contribution in [3.8, 4) is 0 Å². The Labute approximate surface area is 274 Å². The Kier molecular flexibility index (Phi) is 11.4. The number of carboxylic acid groups (broad SMARTS) is 1. The van der Waals surface area contributed by atoms with Crippen molar-refractivity contribution < 1.29 is 24.3 Å². The summed E-state index contributed by atoms with van der Waals surface area (Å²) in [6, 6.07) is 24.9. The van der Waals surface area contributed by atoms with Gasteiger partial charge < -0.3 is 21.1 Å². The minimum Gasteiger partial charge on any atom is -0.478 e. The molecule has 0 aliphatic heterocycles. The standard InChI is InChI=1S/C34H29Cl2N3O5S/c1-3-29(33(42)38-27-18-23(34(43)44)16-15-20(27)2)45-25-13-8-12-24(19-25)37-32(41)28(17-22-11-7-14-26(35)30(22)36)39-31(40)21-9-5-4-6-10-21/h4-19,29H,3H2,1-2H3,(H,37,41)(H,38,42)(H,39,40)(H,43,44)/b28-17+. The van der Waals surface area contributed by atoms with Gasteiger partial charge in [-0.1, -0.05) is 72.6 Å². The van der Waals surface area contributed by atoms with Crippen molar-refractivity contribution >= 4 is 76.1 Å². The van der Waals surface area contributed by atoms with E-state index in [0.717, 1.165) is 5.56 Å². The molecule has 0 aliphatic rings. The number of carbonyl (C=O) groups is 4. The maximum atomic E-state index is 13.5. The molecule has 0 saturated carbocycles. The molecule has 4 aromatic carbocycles. The lowest BCUT2D eigenvalue weighted by atomic mass is 10.1. The lowest BCUT2D eigenvalue weighted by molar-refractivity contribution is -0.116. The van der Waals surface area contributed by atoms with Crippen LogP contribution in [0.25, 0.3) is 6.08 Å². The second-order valence-electron chi connectivity index (χ2n) is 9.84. The lowest BCUT2D eigenvalue weighted by Gasteiger charge is -2.17. The monoisotopic (exact) mass is 661 g/mol. The highest BCUT2D eigenvalue weighted by Gasteiger charge is 2.21. The Balaban J connectivity index is 1.53. The Morgan fingerprint density at radius 1 is 0.867 bits per heavy atom. The van der Waals surface area contributed by atoms with Crippen LogP contribution in [0.15, 0.2) is 102 Å². The first-order chi connectivity index (χ1) is 21.5. The van der Waals surface area contributed by atoms with Crippen LogP contribution in [0.1, 0.15) is 45.2 Å². The number of benzene rings is 4. The SMILES string of the molecule is CCC(Sc1cccc(NC(=O)/C(=C\c2cccc(Cl)c2Cl)NC(=O)c2ccccc2)c1)C(=O)Nc1cc(C(=O)O)ccc1C. The van der Waals surface area contributed by atoms with Crippen molar-refractivity contribution in [2.75, 3.05) is 10.6 Å². The Hall–Kier alpha value is -4.57. The molecular weight excluding hydrogens is 633 g/mol. The van der Waals surface area contributed by atoms with Gasteiger partial charge in [0, 0.05) is 21.8 Å². The number of hydrogen-bond donors (Lipinski definition) is 4. The van der Waals surface area contributed by atoms with E-state index in [4.69, 9.17) is 23.2 Å². The number of nitrogens with one attached hydrogen (secondary N) is 3. The minimum absolute atomic E-state index is 0.0594. The van der Waals surface area contributed by atoms with Crippen molar-refractivity contribution in [1.82, 2.24) is 5.32 Å². The maximum absolute atomic E-state index is 13.5. The molecule has 4 N–H and O–H groups in total. The van der Waals surface area contributed by atoms with Crippen molar-refractivity contribution in [2.45, 2.75) is 30.4 Å². The Morgan fingerprint density at radius 3 is 2.31 bits per heavy atom. The van der Waals surface area contributed by atoms with E-state index in [9.17, 15) is 24.3 Å². The minimum atomic E-state index is -1.08. The molecule has 0 spiro atoms. The summed E-state index contributed by atoms with van der Waals surface area (Å²) in [5.74, 6) is -2.45. The Morgan fingerprint density at radius 2 is 1.60 bits per heavy atom. The largest absolute Gasteiger partial charge is 0.478 e. The summed E-state index contributed by atoms with van der Waals surface area (Å²) in [7, 11) is 0. The van der Waals surface area contributed by atoms with Crippen LogP contribution in [0, 0.1) is 6.92 Å². The van der Waals surface area contributed by atoms with E-state index in [1.54, 1.807) is 79.7 Å². The van der Waals surface area contributed by atoms with Crippen LogP contribution in [0.2, 0.25) is 10.0 Å². The van der Waals surface area contributed by atoms with Gasteiger partial charge in [-0.3, -0.25) is 14.4 Å². The highest BCUT2D eigenvalue weighted by molar-refractivity contribution is 8.00. The number of aromatic carboxylic acids is 1. The molecule has 0 aliphatic carbocycles. The van der Waals surface area contributed by atoms with Crippen LogP contribution in [0.4, 0.5) is 11.4 Å². The molecule has 1 unspecified atom stereocenters. The lowest BCUT2D eigenvalue weighted by Crippen LogP contribution is -2.30. The normalized spacial score (nSPS) is 11.8. The molecule has 0 fully saturated rings. The first-order valence-electron chi connectivity index (χ1n) is 13.8. The average Bonchev–Trinajstić information content (AvgIpc) is 3.03. The van der Waals surface area contributed by atoms with Crippen LogP contribution in [-0.2, 0) is 9.59 Å². The van der Waals surface area contributed by atoms with Crippen molar-refractivity contribution in [3.05, 3.63) is 129 Å². The van der Waals surface area contributed by atoms with E-state index in [-0.39, 0.29) is 22.2 Å². The second kappa shape index (κ2) is 15.4. The quantitative estimate of drug-likeness (QED) is 0.0956. The Bertz CT molecular complexity index is 1780. The van der Waals surface area contributed by atoms with Gasteiger partial charge >= 0.3 is 5.97 Å². The molecule has 0 saturated heterocycles. The molecule has 230 valence electrons. The van der Waals surface area contributed by atoms with Gasteiger partial charge in [-0.25, -0.2) is 4.79 Å². The van der Waals surface area contributed by atoms with Gasteiger partial charge in [0.15, 0.2) is 0 Å². The third-order valence-corrected chi connectivity index (χ3v) is 8.78. The predicted molar refractivity (Wildman–Crippen MR) is 180 cm³/mol. The number of amides is 3. The molecule has 8 nitrogen and oxygen atoms in total. The van der Waals surface area contributed by atoms with Crippen LogP contribution in [-0.4, -0.2) is 34.0 Å². The van der Waals surface area contributed by atoms with Crippen molar-refractivity contribution in [1.29, 1.82) is 0 Å². The average molecular weight is 663 g/mol. The molecule has 4 aromatic rings. The summed E-state index contributed by atoms with van der Waals surface area (Å²) in [5.41, 5.74) is 2.41. The van der Waals surface area contributed by atoms with Gasteiger partial charge in [-0.05, 0) is 79.1 Å². The van der Waals surface area contributed by atoms with E-state index >= 15 is 0 Å². The van der Waals surface area contributed by atoms with Crippen LogP contribution >= 0.6 is 35.0 Å². The first kappa shape index (κ1) is 33.3. The summed E-state index contributed by atoms with van der Waals surface area (Å²) in [5, 5.41) is 17.7. The fourth-order valence-corrected chi connectivity index (χ4v) is 5.54. The van der Waals surface area contributed by atoms with E-state index < -0.39 is 23.0 Å². The predicted octanol–water partition coefficient (Wildman–Crippen LogP) is 7.92. The van der Waals surface area contributed by atoms with Gasteiger partial charge in [0.1, 0.15) is 5.70 Å². The zero-order chi connectivity index (χ0) is 32.5. The van der Waals surface area contributed by atoms with Gasteiger partial charge in [-0.15, -0.1) is 11.8 Å². The maximum Gasteiger partial charge on any atom is 0.335 e. The van der Waals surface area contributed by atoms with E-state index in [1.165, 1.54) is 30.0 Å². The third-order valence-electron chi connectivity index (χ3n) is 6.59. The number of aryl methyl sites for hydroxylation is 1. The number of halogens is 2. The fourth-order valence-electron chi connectivity index (χ4n) is 4.16. The van der Waals surface area contributed by atoms with Gasteiger partial charge in [0.05, 0.1) is 20.9 Å². The van der Waals surface area contributed by atoms with Gasteiger partial charge in [-0.2, -0.15) is 0 Å². The smallest absolute Gasteiger partial charge is 0.335 e. The van der Waals surface area contributed by atoms with E-state index in [1.807, 2.05) is 13.0 Å². The highest BCUT2D eigenvalue weighted by atomic mass is 35.5. The van der Waals surface area contributed by atoms with Crippen molar-refractivity contribution in [2.24, 2.45) is 0 Å². The number of carbonyl (C=O) groups excluding carboxylic acids is 3. The van der Waals surface area contributed by atoms with Gasteiger partial charge in [0.2, 0.25) is 5.91 Å². The molecule has 3 amide bonds. The van der Waals surface area contributed by atoms with Crippen LogP contribution < -0.4 is 16.0 Å². The zero-order valence-corrected chi connectivity index (χ0v) is 26.6. The number of carboxylic acids is 1. The first-order valence-corrected chi connectivity index (χ1v) is 15.4. The number of rotatable bonds is 11. The fraction of sp³-hybridized carbons (Fsp3) is 0.118. The second-order valence-corrected chi connectivity index (χ2v) is 11.9. The number of hydrogen-bond acceptors (Lipinski definition) is 5. The molecule has 0 heterocycles. The van der Waals surface area contributed by atoms with E-state index in [2.05, 4.69) is 16.0 Å². The van der Waals surface area contributed by atoms with E-state index in [0.29, 0.717) is 38.8 Å². The molecular formula is C34H29Cl2N3O5S. The summed E-state index contributed by atoms with van der Waals surface area (Å²) in [6.07, 6.45) is 1.94.